The van der Waals surface area contributed by atoms with Crippen LogP contribution in [0.5, 0.6) is 11.5 Å². The van der Waals surface area contributed by atoms with Gasteiger partial charge in [0.05, 0.1) is 26.5 Å². The van der Waals surface area contributed by atoms with Crippen molar-refractivity contribution in [2.75, 3.05) is 20.0 Å². The number of hydrogen-bond acceptors (Lipinski definition) is 7. The molecule has 0 fully saturated rings. The summed E-state index contributed by atoms with van der Waals surface area (Å²) in [6.07, 6.45) is 0. The summed E-state index contributed by atoms with van der Waals surface area (Å²) in [5, 5.41) is 11.5. The zero-order chi connectivity index (χ0) is 19.2. The number of methoxy groups -OCH3 is 2. The lowest BCUT2D eigenvalue weighted by atomic mass is 10.1. The number of Topliss-reactive ketones (excluding diaryl/α,β-unsaturated/α-hetero) is 1. The fraction of sp³-hybridized carbons (Fsp3) is 0.222. The van der Waals surface area contributed by atoms with Crippen LogP contribution in [0.15, 0.2) is 53.7 Å². The maximum Gasteiger partial charge on any atom is 0.240 e. The normalized spacial score (nSPS) is 11.8. The van der Waals surface area contributed by atoms with E-state index in [2.05, 4.69) is 15.5 Å². The van der Waals surface area contributed by atoms with Crippen LogP contribution >= 0.6 is 0 Å². The lowest BCUT2D eigenvalue weighted by Crippen LogP contribution is -2.16. The van der Waals surface area contributed by atoms with Gasteiger partial charge in [0.25, 0.3) is 0 Å². The van der Waals surface area contributed by atoms with Crippen LogP contribution < -0.4 is 9.47 Å². The predicted octanol–water partition coefficient (Wildman–Crippen LogP) is 1.73. The first-order valence-corrected chi connectivity index (χ1v) is 9.38. The molecule has 0 aliphatic heterocycles. The Labute approximate surface area is 158 Å². The summed E-state index contributed by atoms with van der Waals surface area (Å²) >= 11 is 0. The highest BCUT2D eigenvalue weighted by Crippen LogP contribution is 2.27. The van der Waals surface area contributed by atoms with Crippen molar-refractivity contribution in [2.24, 2.45) is 0 Å². The molecule has 0 aliphatic rings. The molecule has 0 saturated carbocycles. The Morgan fingerprint density at radius 1 is 1.07 bits per heavy atom. The maximum absolute atomic E-state index is 12.6. The number of tetrazole rings is 1. The quantitative estimate of drug-likeness (QED) is 0.544. The molecule has 9 heteroatoms. The van der Waals surface area contributed by atoms with Gasteiger partial charge in [-0.05, 0) is 34.2 Å². The van der Waals surface area contributed by atoms with Crippen LogP contribution in [0.1, 0.15) is 15.9 Å². The Balaban J connectivity index is 1.74. The number of benzene rings is 2. The molecule has 0 aliphatic carbocycles. The van der Waals surface area contributed by atoms with Crippen LogP contribution in [-0.4, -0.2) is 50.2 Å². The summed E-state index contributed by atoms with van der Waals surface area (Å²) in [4.78, 5) is 12.5. The summed E-state index contributed by atoms with van der Waals surface area (Å²) in [5.41, 5.74) is 1.34. The zero-order valence-electron chi connectivity index (χ0n) is 14.9. The first-order valence-electron chi connectivity index (χ1n) is 8.06. The van der Waals surface area contributed by atoms with Crippen molar-refractivity contribution in [3.63, 3.8) is 0 Å². The largest absolute Gasteiger partial charge is 0.493 e. The summed E-state index contributed by atoms with van der Waals surface area (Å²) in [7, 11) is 1.32. The van der Waals surface area contributed by atoms with Crippen LogP contribution in [0.4, 0.5) is 0 Å². The van der Waals surface area contributed by atoms with Gasteiger partial charge in [0.1, 0.15) is 10.8 Å². The average molecular weight is 386 g/mol. The van der Waals surface area contributed by atoms with Crippen LogP contribution in [0.3, 0.4) is 0 Å². The third-order valence-electron chi connectivity index (χ3n) is 3.85. The second-order valence-electron chi connectivity index (χ2n) is 5.59. The van der Waals surface area contributed by atoms with Crippen molar-refractivity contribution in [1.82, 2.24) is 20.2 Å². The van der Waals surface area contributed by atoms with E-state index >= 15 is 0 Å². The van der Waals surface area contributed by atoms with Crippen molar-refractivity contribution < 1.29 is 18.5 Å². The number of carbonyl (C=O) groups is 1. The molecule has 1 unspecified atom stereocenters. The van der Waals surface area contributed by atoms with E-state index in [9.17, 15) is 9.00 Å². The van der Waals surface area contributed by atoms with Gasteiger partial charge in [-0.25, -0.2) is 4.68 Å². The molecule has 1 aromatic heterocycles. The van der Waals surface area contributed by atoms with E-state index in [4.69, 9.17) is 9.47 Å². The van der Waals surface area contributed by atoms with Crippen LogP contribution in [-0.2, 0) is 17.3 Å². The minimum absolute atomic E-state index is 0.160. The van der Waals surface area contributed by atoms with E-state index in [0.29, 0.717) is 23.6 Å². The number of hydrogen-bond donors (Lipinski definition) is 0. The molecule has 0 saturated heterocycles. The number of rotatable bonds is 8. The highest BCUT2D eigenvalue weighted by Gasteiger charge is 2.19. The van der Waals surface area contributed by atoms with E-state index in [-0.39, 0.29) is 16.7 Å². The third kappa shape index (κ3) is 4.37. The minimum Gasteiger partial charge on any atom is -0.493 e. The second-order valence-corrected chi connectivity index (χ2v) is 6.93. The molecule has 0 bridgehead atoms. The molecule has 0 radical (unpaired) electrons. The van der Waals surface area contributed by atoms with Crippen molar-refractivity contribution >= 4 is 16.6 Å². The molecule has 2 aromatic carbocycles. The van der Waals surface area contributed by atoms with Gasteiger partial charge < -0.3 is 9.47 Å². The molecule has 1 atom stereocenters. The van der Waals surface area contributed by atoms with Crippen molar-refractivity contribution in [1.29, 1.82) is 0 Å². The van der Waals surface area contributed by atoms with Crippen molar-refractivity contribution in [3.05, 3.63) is 59.7 Å². The van der Waals surface area contributed by atoms with E-state index in [1.54, 1.807) is 18.2 Å². The zero-order valence-corrected chi connectivity index (χ0v) is 15.7. The SMILES string of the molecule is COc1ccc(C(=O)CS(=O)c2nnnn2Cc2ccccc2)cc1OC. The lowest BCUT2D eigenvalue weighted by molar-refractivity contribution is 0.102. The van der Waals surface area contributed by atoms with Gasteiger partial charge in [0.15, 0.2) is 17.3 Å². The van der Waals surface area contributed by atoms with Gasteiger partial charge >= 0.3 is 0 Å². The standard InChI is InChI=1S/C18H18N4O4S/c1-25-16-9-8-14(10-17(16)26-2)15(23)12-27(24)18-19-20-21-22(18)11-13-6-4-3-5-7-13/h3-10H,11-12H2,1-2H3. The molecule has 1 heterocycles. The summed E-state index contributed by atoms with van der Waals surface area (Å²) in [6.45, 7) is 0.374. The number of nitrogens with zero attached hydrogens (tertiary/aromatic N) is 4. The smallest absolute Gasteiger partial charge is 0.240 e. The van der Waals surface area contributed by atoms with E-state index < -0.39 is 10.8 Å². The second kappa shape index (κ2) is 8.54. The van der Waals surface area contributed by atoms with Crippen LogP contribution in [0.25, 0.3) is 0 Å². The monoisotopic (exact) mass is 386 g/mol. The molecule has 3 aromatic rings. The van der Waals surface area contributed by atoms with Gasteiger partial charge in [-0.1, -0.05) is 35.4 Å². The van der Waals surface area contributed by atoms with E-state index in [1.807, 2.05) is 30.3 Å². The fourth-order valence-electron chi connectivity index (χ4n) is 2.49. The fourth-order valence-corrected chi connectivity index (χ4v) is 3.49. The average Bonchev–Trinajstić information content (AvgIpc) is 3.16. The summed E-state index contributed by atoms with van der Waals surface area (Å²) in [5.74, 6) is 0.415. The first-order chi connectivity index (χ1) is 13.1. The highest BCUT2D eigenvalue weighted by atomic mass is 32.2. The molecule has 27 heavy (non-hydrogen) atoms. The summed E-state index contributed by atoms with van der Waals surface area (Å²) < 4.78 is 24.4. The highest BCUT2D eigenvalue weighted by molar-refractivity contribution is 7.85. The van der Waals surface area contributed by atoms with Gasteiger partial charge in [0.2, 0.25) is 5.16 Å². The Bertz CT molecular complexity index is 959. The molecule has 0 N–H and O–H groups in total. The third-order valence-corrected chi connectivity index (χ3v) is 5.07. The van der Waals surface area contributed by atoms with Crippen LogP contribution in [0.2, 0.25) is 0 Å². The molecule has 0 spiro atoms. The number of ether oxygens (including phenoxy) is 2. The molecule has 8 nitrogen and oxygen atoms in total. The molecule has 0 amide bonds. The van der Waals surface area contributed by atoms with Crippen molar-refractivity contribution in [2.45, 2.75) is 11.7 Å². The number of aromatic nitrogens is 4. The Kier molecular flexibility index (Phi) is 5.92. The molecular weight excluding hydrogens is 368 g/mol. The number of carbonyl (C=O) groups excluding carboxylic acids is 1. The van der Waals surface area contributed by atoms with E-state index in [1.165, 1.54) is 18.9 Å². The number of ketones is 1. The maximum atomic E-state index is 12.6. The Morgan fingerprint density at radius 2 is 1.81 bits per heavy atom. The first kappa shape index (κ1) is 18.7. The summed E-state index contributed by atoms with van der Waals surface area (Å²) in [6, 6.07) is 14.3. The molecule has 3 rings (SSSR count). The topological polar surface area (TPSA) is 96.2 Å². The van der Waals surface area contributed by atoms with Gasteiger partial charge in [-0.2, -0.15) is 0 Å². The lowest BCUT2D eigenvalue weighted by Gasteiger charge is -2.09. The minimum atomic E-state index is -1.68. The van der Waals surface area contributed by atoms with Gasteiger partial charge in [0, 0.05) is 5.56 Å². The van der Waals surface area contributed by atoms with Gasteiger partial charge in [-0.15, -0.1) is 0 Å². The Hall–Kier alpha value is -3.07. The van der Waals surface area contributed by atoms with Crippen molar-refractivity contribution in [3.8, 4) is 11.5 Å². The van der Waals surface area contributed by atoms with E-state index in [0.717, 1.165) is 5.56 Å². The molecular formula is C18H18N4O4S. The predicted molar refractivity (Wildman–Crippen MR) is 98.5 cm³/mol. The van der Waals surface area contributed by atoms with Crippen LogP contribution in [0, 0.1) is 0 Å². The Morgan fingerprint density at radius 3 is 2.52 bits per heavy atom. The van der Waals surface area contributed by atoms with Gasteiger partial charge in [-0.3, -0.25) is 9.00 Å². The molecule has 140 valence electrons.